The number of cyclic esters (lactones) is 2. The lowest BCUT2D eigenvalue weighted by Crippen LogP contribution is -2.74. The van der Waals surface area contributed by atoms with Gasteiger partial charge >= 0.3 is 30.0 Å². The van der Waals surface area contributed by atoms with Crippen LogP contribution in [0, 0.1) is 16.7 Å². The molecule has 3 fully saturated rings. The number of aliphatic hydroxyl groups excluding tert-OH is 5. The maximum atomic E-state index is 14.2. The third-order valence-electron chi connectivity index (χ3n) is 14.1. The number of hydrogen-bond donors (Lipinski definition) is 9. The summed E-state index contributed by atoms with van der Waals surface area (Å²) in [5.74, 6) is -5.65. The number of hydrogen-bond acceptors (Lipinski definition) is 22. The van der Waals surface area contributed by atoms with E-state index in [0.29, 0.717) is 32.3 Å². The van der Waals surface area contributed by atoms with Crippen LogP contribution in [0.1, 0.15) is 65.7 Å². The standard InChI is InChI=1S/C46H67N3O20S2/c1-25-13-15-45-23-65-42(61)39(26(2)14-16-63-35(54)7-5-6-8-36(55)68-31-10-11-32(67-33(45)19-25)46(24-66-46)44(31,45)3)69-43(62)64-17-18-70-71-22-28(41(59)60)49-40(58)27(47-4)9-12-34(53)48-20-29(51)37(56)38(57)30(52)21-50/h5-8,19,26-33,37-39,47,50-52,56-57H,9-18,20-24H2,1-4H3,(H,48,53)(H,49,58)(H,59,60)/t26-,27+,28+,29+,30-,31-,32-,33-,37-,38-,39+,44-,45-,46+/m1/s1. The number of aliphatic hydroxyl groups is 5. The maximum Gasteiger partial charge on any atom is 0.509 e. The minimum Gasteiger partial charge on any atom is -0.480 e. The molecular formula is C46H67N3O20S2. The average molecular weight is 1050 g/mol. The first kappa shape index (κ1) is 57.6. The second kappa shape index (κ2) is 26.1. The fourth-order valence-corrected chi connectivity index (χ4v) is 11.6. The summed E-state index contributed by atoms with van der Waals surface area (Å²) in [5.41, 5.74) is -1.53. The van der Waals surface area contributed by atoms with Gasteiger partial charge in [0.15, 0.2) is 0 Å². The lowest BCUT2D eigenvalue weighted by molar-refractivity contribution is -0.294. The van der Waals surface area contributed by atoms with Crippen LogP contribution in [0.4, 0.5) is 4.79 Å². The van der Waals surface area contributed by atoms with Gasteiger partial charge in [-0.2, -0.15) is 0 Å². The number of carboxylic acid groups (broad SMARTS) is 1. The second-order valence-corrected chi connectivity index (χ2v) is 21.1. The van der Waals surface area contributed by atoms with Gasteiger partial charge in [-0.05, 0) is 52.5 Å². The normalized spacial score (nSPS) is 31.3. The van der Waals surface area contributed by atoms with Gasteiger partial charge in [0.2, 0.25) is 17.9 Å². The Bertz CT molecular complexity index is 2000. The van der Waals surface area contributed by atoms with E-state index in [-0.39, 0.29) is 56.7 Å². The number of aliphatic carboxylic acids is 1. The number of rotatable bonds is 20. The second-order valence-electron chi connectivity index (χ2n) is 18.5. The number of likely N-dealkylation sites (N-methyl/N-ethyl adjacent to an activating group) is 1. The molecule has 3 aliphatic heterocycles. The molecule has 2 bridgehead atoms. The molecule has 0 aromatic carbocycles. The summed E-state index contributed by atoms with van der Waals surface area (Å²) in [6, 6.07) is -2.37. The monoisotopic (exact) mass is 1050 g/mol. The highest BCUT2D eigenvalue weighted by atomic mass is 33.1. The van der Waals surface area contributed by atoms with Crippen molar-refractivity contribution in [3.63, 3.8) is 0 Å². The lowest BCUT2D eigenvalue weighted by atomic mass is 9.45. The highest BCUT2D eigenvalue weighted by molar-refractivity contribution is 8.76. The SMILES string of the molecule is CN[C@@H](CCC(=O)NC[C@H](O)[C@@H](O)[C@H](O)[C@H](O)CO)C(=O)N[C@@H](CSSCCOC(=O)O[C@@H]1C(=O)OC[C@]23CCC(C)=C[C@H]2O[C@@H]2CC[C@@H](OC(=O)C=CC=CC(=O)OCC[C@H]1C)[C@@]3(C)[C@]21CO1)C(=O)O. The first-order valence-electron chi connectivity index (χ1n) is 23.5. The number of carbonyl (C=O) groups is 7. The Morgan fingerprint density at radius 2 is 1.62 bits per heavy atom. The van der Waals surface area contributed by atoms with Crippen LogP contribution in [0.3, 0.4) is 0 Å². The van der Waals surface area contributed by atoms with Crippen LogP contribution in [0.15, 0.2) is 36.0 Å². The van der Waals surface area contributed by atoms with Crippen molar-refractivity contribution in [3.05, 3.63) is 36.0 Å². The predicted octanol–water partition coefficient (Wildman–Crippen LogP) is -0.407. The zero-order chi connectivity index (χ0) is 52.1. The highest BCUT2D eigenvalue weighted by Crippen LogP contribution is 2.70. The summed E-state index contributed by atoms with van der Waals surface area (Å²) >= 11 is 0. The van der Waals surface area contributed by atoms with Crippen molar-refractivity contribution in [1.82, 2.24) is 16.0 Å². The predicted molar refractivity (Wildman–Crippen MR) is 251 cm³/mol. The molecule has 23 nitrogen and oxygen atoms in total. The van der Waals surface area contributed by atoms with Gasteiger partial charge in [0.25, 0.3) is 0 Å². The van der Waals surface area contributed by atoms with Crippen molar-refractivity contribution in [3.8, 4) is 0 Å². The van der Waals surface area contributed by atoms with Gasteiger partial charge < -0.3 is 79.7 Å². The van der Waals surface area contributed by atoms with Crippen LogP contribution in [-0.2, 0) is 61.9 Å². The molecule has 5 rings (SSSR count). The van der Waals surface area contributed by atoms with Crippen molar-refractivity contribution in [2.75, 3.05) is 58.1 Å². The molecule has 0 aromatic heterocycles. The van der Waals surface area contributed by atoms with Gasteiger partial charge in [-0.1, -0.05) is 59.2 Å². The molecule has 0 unspecified atom stereocenters. The number of amides is 2. The molecule has 3 heterocycles. The first-order valence-corrected chi connectivity index (χ1v) is 26.0. The van der Waals surface area contributed by atoms with E-state index < -0.39 is 132 Å². The van der Waals surface area contributed by atoms with Crippen LogP contribution < -0.4 is 16.0 Å². The lowest BCUT2D eigenvalue weighted by Gasteiger charge is -2.65. The third kappa shape index (κ3) is 14.1. The molecule has 0 aromatic rings. The number of epoxide rings is 1. The Hall–Kier alpha value is -4.31. The molecule has 1 saturated carbocycles. The zero-order valence-electron chi connectivity index (χ0n) is 40.1. The van der Waals surface area contributed by atoms with E-state index in [9.17, 15) is 59.1 Å². The molecule has 5 aliphatic rings. The Morgan fingerprint density at radius 3 is 2.30 bits per heavy atom. The summed E-state index contributed by atoms with van der Waals surface area (Å²) in [6.07, 6.45) is -2.31. The van der Waals surface area contributed by atoms with E-state index in [4.69, 9.17) is 38.3 Å². The molecule has 0 radical (unpaired) electrons. The molecule has 398 valence electrons. The van der Waals surface area contributed by atoms with E-state index in [1.807, 2.05) is 19.9 Å². The van der Waals surface area contributed by atoms with E-state index >= 15 is 0 Å². The van der Waals surface area contributed by atoms with Gasteiger partial charge in [0, 0.05) is 48.0 Å². The van der Waals surface area contributed by atoms with E-state index in [2.05, 4.69) is 16.0 Å². The van der Waals surface area contributed by atoms with Gasteiger partial charge in [0.1, 0.15) is 49.3 Å². The molecule has 2 saturated heterocycles. The Kier molecular flexibility index (Phi) is 21.1. The fourth-order valence-electron chi connectivity index (χ4n) is 9.62. The topological polar surface area (TPSA) is 345 Å². The van der Waals surface area contributed by atoms with Crippen molar-refractivity contribution in [1.29, 1.82) is 0 Å². The molecule has 2 amide bonds. The maximum absolute atomic E-state index is 14.2. The molecule has 9 N–H and O–H groups in total. The minimum atomic E-state index is -1.88. The van der Waals surface area contributed by atoms with Crippen LogP contribution in [0.5, 0.6) is 0 Å². The molecular weight excluding hydrogens is 979 g/mol. The molecule has 14 atom stereocenters. The molecule has 71 heavy (non-hydrogen) atoms. The van der Waals surface area contributed by atoms with Crippen molar-refractivity contribution in [2.45, 2.75) is 132 Å². The number of nitrogens with one attached hydrogen (secondary N) is 3. The third-order valence-corrected chi connectivity index (χ3v) is 16.4. The summed E-state index contributed by atoms with van der Waals surface area (Å²) in [6.45, 7) is 4.02. The van der Waals surface area contributed by atoms with Crippen molar-refractivity contribution < 1.29 is 97.4 Å². The summed E-state index contributed by atoms with van der Waals surface area (Å²) in [5, 5.41) is 65.3. The van der Waals surface area contributed by atoms with Gasteiger partial charge in [-0.15, -0.1) is 0 Å². The minimum absolute atomic E-state index is 0.0771. The number of allylic oxidation sites excluding steroid dienone is 3. The van der Waals surface area contributed by atoms with E-state index in [1.165, 1.54) is 25.3 Å². The average Bonchev–Trinajstić information content (AvgIpc) is 4.14. The van der Waals surface area contributed by atoms with Crippen LogP contribution in [-0.4, -0.2) is 197 Å². The summed E-state index contributed by atoms with van der Waals surface area (Å²) < 4.78 is 41.5. The molecule has 25 heteroatoms. The fraction of sp³-hybridized carbons (Fsp3) is 0.717. The van der Waals surface area contributed by atoms with Gasteiger partial charge in [-0.3, -0.25) is 9.59 Å². The largest absolute Gasteiger partial charge is 0.509 e. The van der Waals surface area contributed by atoms with Crippen molar-refractivity contribution >= 4 is 63.4 Å². The van der Waals surface area contributed by atoms with Crippen LogP contribution in [0.25, 0.3) is 0 Å². The molecule has 2 aliphatic carbocycles. The van der Waals surface area contributed by atoms with Gasteiger partial charge in [-0.25, -0.2) is 24.0 Å². The number of ether oxygens (including phenoxy) is 7. The number of esters is 3. The smallest absolute Gasteiger partial charge is 0.480 e. The van der Waals surface area contributed by atoms with E-state index in [0.717, 1.165) is 33.2 Å². The summed E-state index contributed by atoms with van der Waals surface area (Å²) in [7, 11) is 3.61. The highest BCUT2D eigenvalue weighted by Gasteiger charge is 2.80. The van der Waals surface area contributed by atoms with Gasteiger partial charge in [0.05, 0.1) is 49.6 Å². The first-order chi connectivity index (χ1) is 33.7. The Labute approximate surface area is 418 Å². The zero-order valence-corrected chi connectivity index (χ0v) is 41.7. The van der Waals surface area contributed by atoms with Crippen LogP contribution in [0.2, 0.25) is 0 Å². The number of carbonyl (C=O) groups excluding carboxylic acids is 6. The molecule has 2 spiro atoms. The Morgan fingerprint density at radius 1 is 0.930 bits per heavy atom. The van der Waals surface area contributed by atoms with Crippen molar-refractivity contribution in [2.24, 2.45) is 16.7 Å². The Balaban J connectivity index is 1.14. The number of carboxylic acids is 1. The quantitative estimate of drug-likeness (QED) is 0.0187. The van der Waals surface area contributed by atoms with E-state index in [1.54, 1.807) is 6.92 Å². The van der Waals surface area contributed by atoms with Crippen LogP contribution >= 0.6 is 21.6 Å². The summed E-state index contributed by atoms with van der Waals surface area (Å²) in [4.78, 5) is 90.4.